The van der Waals surface area contributed by atoms with E-state index < -0.39 is 0 Å². The average Bonchev–Trinajstić information content (AvgIpc) is 2.46. The summed E-state index contributed by atoms with van der Waals surface area (Å²) < 4.78 is 15.7. The van der Waals surface area contributed by atoms with Crippen LogP contribution in [-0.2, 0) is 0 Å². The van der Waals surface area contributed by atoms with Crippen molar-refractivity contribution in [3.8, 4) is 17.2 Å². The number of unbranched alkanes of at least 4 members (excludes halogenated alkanes) is 1. The van der Waals surface area contributed by atoms with E-state index in [1.165, 1.54) is 21.3 Å². The first-order chi connectivity index (χ1) is 9.65. The topological polar surface area (TPSA) is 68.8 Å². The highest BCUT2D eigenvalue weighted by Crippen LogP contribution is 2.39. The Labute approximate surface area is 119 Å². The molecule has 6 heteroatoms. The third-order valence-electron chi connectivity index (χ3n) is 2.74. The van der Waals surface area contributed by atoms with Gasteiger partial charge in [-0.1, -0.05) is 13.3 Å². The van der Waals surface area contributed by atoms with Crippen molar-refractivity contribution >= 4 is 11.7 Å². The summed E-state index contributed by atoms with van der Waals surface area (Å²) >= 11 is 0. The summed E-state index contributed by atoms with van der Waals surface area (Å²) in [6, 6.07) is 3.11. The van der Waals surface area contributed by atoms with Crippen molar-refractivity contribution in [3.05, 3.63) is 12.1 Å². The molecule has 0 spiro atoms. The molecule has 0 unspecified atom stereocenters. The zero-order valence-corrected chi connectivity index (χ0v) is 12.4. The second-order valence-electron chi connectivity index (χ2n) is 4.15. The van der Waals surface area contributed by atoms with Crippen LogP contribution >= 0.6 is 0 Å². The molecule has 2 N–H and O–H groups in total. The fraction of sp³-hybridized carbons (Fsp3) is 0.500. The molecular weight excluding hydrogens is 260 g/mol. The number of carbonyl (C=O) groups is 1. The third-order valence-corrected chi connectivity index (χ3v) is 2.74. The highest BCUT2D eigenvalue weighted by Gasteiger charge is 2.14. The number of benzene rings is 1. The fourth-order valence-corrected chi connectivity index (χ4v) is 1.71. The summed E-state index contributed by atoms with van der Waals surface area (Å²) in [5, 5.41) is 5.51. The van der Waals surface area contributed by atoms with Gasteiger partial charge in [0.05, 0.1) is 27.0 Å². The van der Waals surface area contributed by atoms with Crippen molar-refractivity contribution in [1.82, 2.24) is 5.32 Å². The molecule has 0 fully saturated rings. The van der Waals surface area contributed by atoms with Crippen molar-refractivity contribution in [2.45, 2.75) is 19.8 Å². The zero-order valence-electron chi connectivity index (χ0n) is 12.4. The quantitative estimate of drug-likeness (QED) is 0.754. The number of ether oxygens (including phenoxy) is 3. The molecule has 0 atom stereocenters. The van der Waals surface area contributed by atoms with Crippen molar-refractivity contribution in [3.63, 3.8) is 0 Å². The van der Waals surface area contributed by atoms with E-state index in [-0.39, 0.29) is 6.03 Å². The van der Waals surface area contributed by atoms with Gasteiger partial charge in [-0.05, 0) is 6.42 Å². The predicted octanol–water partition coefficient (Wildman–Crippen LogP) is 2.63. The minimum atomic E-state index is -0.257. The Kier molecular flexibility index (Phi) is 6.49. The summed E-state index contributed by atoms with van der Waals surface area (Å²) in [7, 11) is 4.59. The van der Waals surface area contributed by atoms with Crippen molar-refractivity contribution < 1.29 is 19.0 Å². The Hall–Kier alpha value is -2.11. The zero-order chi connectivity index (χ0) is 15.0. The summed E-state index contributed by atoms with van der Waals surface area (Å²) in [5.41, 5.74) is 0.577. The van der Waals surface area contributed by atoms with E-state index in [1.807, 2.05) is 0 Å². The Balaban J connectivity index is 2.82. The lowest BCUT2D eigenvalue weighted by molar-refractivity contribution is 0.252. The van der Waals surface area contributed by atoms with Gasteiger partial charge in [0.25, 0.3) is 0 Å². The highest BCUT2D eigenvalue weighted by atomic mass is 16.5. The monoisotopic (exact) mass is 282 g/mol. The molecule has 0 saturated heterocycles. The SMILES string of the molecule is CCCCNC(=O)Nc1cc(OC)c(OC)c(OC)c1. The van der Waals surface area contributed by atoms with Gasteiger partial charge in [-0.2, -0.15) is 0 Å². The molecule has 20 heavy (non-hydrogen) atoms. The fourth-order valence-electron chi connectivity index (χ4n) is 1.71. The van der Waals surface area contributed by atoms with Crippen LogP contribution in [0.3, 0.4) is 0 Å². The van der Waals surface area contributed by atoms with Crippen LogP contribution in [-0.4, -0.2) is 33.9 Å². The van der Waals surface area contributed by atoms with E-state index in [2.05, 4.69) is 17.6 Å². The maximum atomic E-state index is 11.7. The second kappa shape index (κ2) is 8.14. The van der Waals surface area contributed by atoms with Gasteiger partial charge in [-0.15, -0.1) is 0 Å². The number of hydrogen-bond donors (Lipinski definition) is 2. The van der Waals surface area contributed by atoms with Crippen molar-refractivity contribution in [2.24, 2.45) is 0 Å². The first-order valence-corrected chi connectivity index (χ1v) is 6.51. The number of hydrogen-bond acceptors (Lipinski definition) is 4. The number of urea groups is 1. The molecule has 0 aliphatic rings. The van der Waals surface area contributed by atoms with Gasteiger partial charge in [-0.25, -0.2) is 4.79 Å². The van der Waals surface area contributed by atoms with Crippen LogP contribution in [0.1, 0.15) is 19.8 Å². The smallest absolute Gasteiger partial charge is 0.319 e. The molecule has 0 aromatic heterocycles. The first-order valence-electron chi connectivity index (χ1n) is 6.51. The Morgan fingerprint density at radius 3 is 2.15 bits per heavy atom. The number of methoxy groups -OCH3 is 3. The standard InChI is InChI=1S/C14H22N2O4/c1-5-6-7-15-14(17)16-10-8-11(18-2)13(20-4)12(9-10)19-3/h8-9H,5-7H2,1-4H3,(H2,15,16,17). The maximum absolute atomic E-state index is 11.7. The van der Waals surface area contributed by atoms with E-state index in [9.17, 15) is 4.79 Å². The van der Waals surface area contributed by atoms with E-state index >= 15 is 0 Å². The molecule has 1 rings (SSSR count). The number of carbonyl (C=O) groups excluding carboxylic acids is 1. The number of anilines is 1. The van der Waals surface area contributed by atoms with Crippen LogP contribution in [0.25, 0.3) is 0 Å². The van der Waals surface area contributed by atoms with E-state index in [1.54, 1.807) is 12.1 Å². The largest absolute Gasteiger partial charge is 0.493 e. The van der Waals surface area contributed by atoms with Crippen LogP contribution in [0.5, 0.6) is 17.2 Å². The van der Waals surface area contributed by atoms with Gasteiger partial charge in [0.15, 0.2) is 11.5 Å². The lowest BCUT2D eigenvalue weighted by Crippen LogP contribution is -2.29. The molecule has 2 amide bonds. The molecule has 0 bridgehead atoms. The van der Waals surface area contributed by atoms with Crippen molar-refractivity contribution in [2.75, 3.05) is 33.2 Å². The number of rotatable bonds is 7. The van der Waals surface area contributed by atoms with Gasteiger partial charge in [0, 0.05) is 18.7 Å². The second-order valence-corrected chi connectivity index (χ2v) is 4.15. The molecule has 1 aromatic rings. The summed E-state index contributed by atoms with van der Waals surface area (Å²) in [6.07, 6.45) is 1.98. The normalized spacial score (nSPS) is 9.80. The average molecular weight is 282 g/mol. The molecule has 0 radical (unpaired) electrons. The molecule has 6 nitrogen and oxygen atoms in total. The van der Waals surface area contributed by atoms with Crippen LogP contribution < -0.4 is 24.8 Å². The maximum Gasteiger partial charge on any atom is 0.319 e. The van der Waals surface area contributed by atoms with Crippen LogP contribution in [0.4, 0.5) is 10.5 Å². The summed E-state index contributed by atoms with van der Waals surface area (Å²) in [4.78, 5) is 11.7. The van der Waals surface area contributed by atoms with E-state index in [0.717, 1.165) is 12.8 Å². The first kappa shape index (κ1) is 15.9. The molecule has 0 heterocycles. The van der Waals surface area contributed by atoms with Crippen LogP contribution in [0.15, 0.2) is 12.1 Å². The minimum absolute atomic E-state index is 0.257. The lowest BCUT2D eigenvalue weighted by Gasteiger charge is -2.14. The molecule has 1 aromatic carbocycles. The summed E-state index contributed by atoms with van der Waals surface area (Å²) in [6.45, 7) is 2.71. The van der Waals surface area contributed by atoms with Gasteiger partial charge >= 0.3 is 6.03 Å². The van der Waals surface area contributed by atoms with E-state index in [0.29, 0.717) is 29.5 Å². The molecule has 0 aliphatic heterocycles. The lowest BCUT2D eigenvalue weighted by atomic mass is 10.2. The third kappa shape index (κ3) is 4.22. The Morgan fingerprint density at radius 2 is 1.70 bits per heavy atom. The van der Waals surface area contributed by atoms with Gasteiger partial charge in [0.2, 0.25) is 5.75 Å². The minimum Gasteiger partial charge on any atom is -0.493 e. The van der Waals surface area contributed by atoms with Crippen LogP contribution in [0, 0.1) is 0 Å². The highest BCUT2D eigenvalue weighted by molar-refractivity contribution is 5.90. The Bertz CT molecular complexity index is 424. The van der Waals surface area contributed by atoms with Crippen LogP contribution in [0.2, 0.25) is 0 Å². The molecule has 0 aliphatic carbocycles. The molecule has 112 valence electrons. The molecular formula is C14H22N2O4. The van der Waals surface area contributed by atoms with Crippen molar-refractivity contribution in [1.29, 1.82) is 0 Å². The molecule has 0 saturated carbocycles. The Morgan fingerprint density at radius 1 is 1.10 bits per heavy atom. The van der Waals surface area contributed by atoms with Gasteiger partial charge < -0.3 is 24.8 Å². The summed E-state index contributed by atoms with van der Waals surface area (Å²) in [5.74, 6) is 1.48. The van der Waals surface area contributed by atoms with Gasteiger partial charge in [-0.3, -0.25) is 0 Å². The van der Waals surface area contributed by atoms with E-state index in [4.69, 9.17) is 14.2 Å². The predicted molar refractivity (Wildman–Crippen MR) is 78.0 cm³/mol. The number of amides is 2. The number of nitrogens with one attached hydrogen (secondary N) is 2. The van der Waals surface area contributed by atoms with Gasteiger partial charge in [0.1, 0.15) is 0 Å².